The Balaban J connectivity index is 1.86. The molecule has 1 saturated heterocycles. The second kappa shape index (κ2) is 7.37. The standard InChI is InChI=1S/C18H32N2O4S/c1-12(2)9-15-16(18(15,5)6)17(21)19-7-8-25(22,23)20-10-13(3)24-14(4)11-20/h9,13-16H,7-8,10-11H2,1-6H3,(H,19,21)/t13-,14+,15-,16-/m1/s1. The topological polar surface area (TPSA) is 75.7 Å². The van der Waals surface area contributed by atoms with Gasteiger partial charge in [-0.25, -0.2) is 8.42 Å². The summed E-state index contributed by atoms with van der Waals surface area (Å²) >= 11 is 0. The van der Waals surface area contributed by atoms with Gasteiger partial charge in [0, 0.05) is 19.6 Å². The molecule has 1 N–H and O–H groups in total. The quantitative estimate of drug-likeness (QED) is 0.721. The Morgan fingerprint density at radius 3 is 2.32 bits per heavy atom. The third kappa shape index (κ3) is 4.83. The van der Waals surface area contributed by atoms with Crippen LogP contribution in [0.2, 0.25) is 0 Å². The maximum absolute atomic E-state index is 12.5. The maximum Gasteiger partial charge on any atom is 0.224 e. The van der Waals surface area contributed by atoms with Gasteiger partial charge in [0.05, 0.1) is 23.9 Å². The van der Waals surface area contributed by atoms with Crippen molar-refractivity contribution in [2.45, 2.75) is 53.8 Å². The number of amides is 1. The van der Waals surface area contributed by atoms with Crippen molar-refractivity contribution in [3.05, 3.63) is 11.6 Å². The molecule has 6 nitrogen and oxygen atoms in total. The molecule has 1 heterocycles. The summed E-state index contributed by atoms with van der Waals surface area (Å²) in [6, 6.07) is 0. The lowest BCUT2D eigenvalue weighted by molar-refractivity contribution is -0.123. The summed E-state index contributed by atoms with van der Waals surface area (Å²) < 4.78 is 32.0. The predicted molar refractivity (Wildman–Crippen MR) is 98.6 cm³/mol. The number of morpholine rings is 1. The summed E-state index contributed by atoms with van der Waals surface area (Å²) in [6.07, 6.45) is 1.92. The molecule has 0 bridgehead atoms. The van der Waals surface area contributed by atoms with Crippen LogP contribution in [0.5, 0.6) is 0 Å². The molecule has 144 valence electrons. The van der Waals surface area contributed by atoms with Crippen LogP contribution in [0.3, 0.4) is 0 Å². The van der Waals surface area contributed by atoms with E-state index >= 15 is 0 Å². The van der Waals surface area contributed by atoms with E-state index in [4.69, 9.17) is 4.74 Å². The second-order valence-electron chi connectivity index (χ2n) is 8.25. The summed E-state index contributed by atoms with van der Waals surface area (Å²) in [6.45, 7) is 12.9. The first-order chi connectivity index (χ1) is 11.4. The average Bonchev–Trinajstić information content (AvgIpc) is 2.97. The van der Waals surface area contributed by atoms with E-state index in [0.717, 1.165) is 0 Å². The molecule has 1 saturated carbocycles. The summed E-state index contributed by atoms with van der Waals surface area (Å²) in [5.41, 5.74) is 1.14. The first kappa shape index (κ1) is 20.4. The fourth-order valence-corrected chi connectivity index (χ4v) is 5.24. The monoisotopic (exact) mass is 372 g/mol. The molecular weight excluding hydrogens is 340 g/mol. The van der Waals surface area contributed by atoms with Gasteiger partial charge < -0.3 is 10.1 Å². The van der Waals surface area contributed by atoms with Crippen LogP contribution in [-0.4, -0.2) is 56.2 Å². The fraction of sp³-hybridized carbons (Fsp3) is 0.833. The second-order valence-corrected chi connectivity index (χ2v) is 10.3. The Hall–Kier alpha value is -0.920. The van der Waals surface area contributed by atoms with Gasteiger partial charge in [0.15, 0.2) is 0 Å². The molecule has 0 aromatic carbocycles. The number of carbonyl (C=O) groups excluding carboxylic acids is 1. The minimum absolute atomic E-state index is 0.0496. The highest BCUT2D eigenvalue weighted by molar-refractivity contribution is 7.89. The SMILES string of the molecule is CC(C)=C[C@@H]1[C@H](C(=O)NCCS(=O)(=O)N2C[C@@H](C)O[C@@H](C)C2)C1(C)C. The summed E-state index contributed by atoms with van der Waals surface area (Å²) in [7, 11) is -3.38. The van der Waals surface area contributed by atoms with Crippen LogP contribution in [0.15, 0.2) is 11.6 Å². The van der Waals surface area contributed by atoms with E-state index in [1.54, 1.807) is 0 Å². The number of allylic oxidation sites excluding steroid dienone is 2. The zero-order chi connectivity index (χ0) is 19.0. The van der Waals surface area contributed by atoms with Crippen molar-refractivity contribution < 1.29 is 17.9 Å². The molecule has 25 heavy (non-hydrogen) atoms. The molecule has 1 amide bonds. The van der Waals surface area contributed by atoms with E-state index in [2.05, 4.69) is 25.2 Å². The summed E-state index contributed by atoms with van der Waals surface area (Å²) in [5, 5.41) is 2.82. The van der Waals surface area contributed by atoms with Gasteiger partial charge in [-0.05, 0) is 39.0 Å². The van der Waals surface area contributed by atoms with E-state index in [9.17, 15) is 13.2 Å². The maximum atomic E-state index is 12.5. The third-order valence-corrected chi connectivity index (χ3v) is 6.95. The highest BCUT2D eigenvalue weighted by Crippen LogP contribution is 2.59. The van der Waals surface area contributed by atoms with Crippen molar-refractivity contribution in [1.82, 2.24) is 9.62 Å². The van der Waals surface area contributed by atoms with Crippen LogP contribution in [0.1, 0.15) is 41.5 Å². The van der Waals surface area contributed by atoms with Crippen molar-refractivity contribution in [2.24, 2.45) is 17.3 Å². The van der Waals surface area contributed by atoms with Crippen LogP contribution in [0.25, 0.3) is 0 Å². The highest BCUT2D eigenvalue weighted by Gasteiger charge is 2.60. The van der Waals surface area contributed by atoms with E-state index < -0.39 is 10.0 Å². The van der Waals surface area contributed by atoms with Crippen molar-refractivity contribution in [3.63, 3.8) is 0 Å². The van der Waals surface area contributed by atoms with Crippen molar-refractivity contribution in [3.8, 4) is 0 Å². The van der Waals surface area contributed by atoms with Crippen LogP contribution >= 0.6 is 0 Å². The highest BCUT2D eigenvalue weighted by atomic mass is 32.2. The van der Waals surface area contributed by atoms with Gasteiger partial charge in [-0.2, -0.15) is 4.31 Å². The molecule has 4 atom stereocenters. The number of carbonyl (C=O) groups is 1. The lowest BCUT2D eigenvalue weighted by Crippen LogP contribution is -2.49. The number of rotatable bonds is 6. The number of nitrogens with zero attached hydrogens (tertiary/aromatic N) is 1. The van der Waals surface area contributed by atoms with Gasteiger partial charge in [-0.15, -0.1) is 0 Å². The number of hydrogen-bond acceptors (Lipinski definition) is 4. The smallest absolute Gasteiger partial charge is 0.224 e. The number of ether oxygens (including phenoxy) is 1. The van der Waals surface area contributed by atoms with Gasteiger partial charge in [0.2, 0.25) is 15.9 Å². The Labute approximate surface area is 152 Å². The summed E-state index contributed by atoms with van der Waals surface area (Å²) in [4.78, 5) is 12.4. The molecule has 0 unspecified atom stereocenters. The Bertz CT molecular complexity index is 627. The molecule has 2 rings (SSSR count). The molecule has 0 spiro atoms. The van der Waals surface area contributed by atoms with Gasteiger partial charge in [0.25, 0.3) is 0 Å². The molecular formula is C18H32N2O4S. The Kier molecular flexibility index (Phi) is 6.01. The van der Waals surface area contributed by atoms with Crippen molar-refractivity contribution in [2.75, 3.05) is 25.4 Å². The minimum Gasteiger partial charge on any atom is -0.373 e. The number of sulfonamides is 1. The van der Waals surface area contributed by atoms with E-state index in [1.165, 1.54) is 9.88 Å². The average molecular weight is 373 g/mol. The fourth-order valence-electron chi connectivity index (χ4n) is 3.75. The lowest BCUT2D eigenvalue weighted by atomic mass is 10.1. The minimum atomic E-state index is -3.38. The first-order valence-corrected chi connectivity index (χ1v) is 10.6. The van der Waals surface area contributed by atoms with Gasteiger partial charge in [-0.1, -0.05) is 25.5 Å². The van der Waals surface area contributed by atoms with Gasteiger partial charge in [0.1, 0.15) is 0 Å². The molecule has 7 heteroatoms. The molecule has 1 aliphatic heterocycles. The molecule has 1 aliphatic carbocycles. The van der Waals surface area contributed by atoms with Crippen LogP contribution < -0.4 is 5.32 Å². The number of hydrogen-bond donors (Lipinski definition) is 1. The number of nitrogens with one attached hydrogen (secondary N) is 1. The van der Waals surface area contributed by atoms with Crippen molar-refractivity contribution in [1.29, 1.82) is 0 Å². The normalized spacial score (nSPS) is 32.1. The molecule has 0 aromatic heterocycles. The lowest BCUT2D eigenvalue weighted by Gasteiger charge is -2.34. The molecule has 0 radical (unpaired) electrons. The summed E-state index contributed by atoms with van der Waals surface area (Å²) in [5.74, 6) is 0.0357. The zero-order valence-corrected chi connectivity index (χ0v) is 17.0. The predicted octanol–water partition coefficient (Wildman–Crippen LogP) is 1.78. The van der Waals surface area contributed by atoms with E-state index in [1.807, 2.05) is 27.7 Å². The zero-order valence-electron chi connectivity index (χ0n) is 16.2. The molecule has 0 aromatic rings. The van der Waals surface area contributed by atoms with E-state index in [0.29, 0.717) is 13.1 Å². The first-order valence-electron chi connectivity index (χ1n) is 9.01. The Morgan fingerprint density at radius 1 is 1.24 bits per heavy atom. The van der Waals surface area contributed by atoms with E-state index in [-0.39, 0.29) is 47.7 Å². The van der Waals surface area contributed by atoms with Crippen LogP contribution in [0.4, 0.5) is 0 Å². The third-order valence-electron chi connectivity index (χ3n) is 5.14. The molecule has 2 fully saturated rings. The van der Waals surface area contributed by atoms with Gasteiger partial charge in [-0.3, -0.25) is 4.79 Å². The largest absolute Gasteiger partial charge is 0.373 e. The van der Waals surface area contributed by atoms with Crippen LogP contribution in [0, 0.1) is 17.3 Å². The molecule has 2 aliphatic rings. The van der Waals surface area contributed by atoms with Gasteiger partial charge >= 0.3 is 0 Å². The van der Waals surface area contributed by atoms with Crippen LogP contribution in [-0.2, 0) is 19.6 Å². The van der Waals surface area contributed by atoms with Crippen molar-refractivity contribution >= 4 is 15.9 Å². The Morgan fingerprint density at radius 2 is 1.80 bits per heavy atom.